The molecule has 4 rings (SSSR count). The molecule has 2 atom stereocenters. The van der Waals surface area contributed by atoms with Crippen LogP contribution in [0.5, 0.6) is 0 Å². The summed E-state index contributed by atoms with van der Waals surface area (Å²) in [6, 6.07) is 6.99. The molecule has 0 bridgehead atoms. The lowest BCUT2D eigenvalue weighted by Crippen LogP contribution is -2.33. The maximum atomic E-state index is 12.9. The minimum atomic E-state index is -3.45. The van der Waals surface area contributed by atoms with Crippen LogP contribution in [0.1, 0.15) is 0 Å². The zero-order chi connectivity index (χ0) is 16.7. The van der Waals surface area contributed by atoms with E-state index in [-0.39, 0.29) is 0 Å². The van der Waals surface area contributed by atoms with Gasteiger partial charge in [-0.1, -0.05) is 12.1 Å². The molecule has 6 nitrogen and oxygen atoms in total. The van der Waals surface area contributed by atoms with Crippen molar-refractivity contribution in [3.8, 4) is 0 Å². The number of aromatic nitrogens is 2. The van der Waals surface area contributed by atoms with Crippen LogP contribution in [-0.4, -0.2) is 48.9 Å². The zero-order valence-corrected chi connectivity index (χ0v) is 15.3. The molecule has 1 aromatic carbocycles. The molecule has 24 heavy (non-hydrogen) atoms. The quantitative estimate of drug-likeness (QED) is 0.776. The Bertz CT molecular complexity index is 832. The molecule has 1 aromatic heterocycles. The van der Waals surface area contributed by atoms with E-state index in [1.165, 1.54) is 0 Å². The Balaban J connectivity index is 1.51. The Morgan fingerprint density at radius 3 is 2.38 bits per heavy atom. The Morgan fingerprint density at radius 2 is 1.75 bits per heavy atom. The van der Waals surface area contributed by atoms with Gasteiger partial charge < -0.3 is 4.90 Å². The van der Waals surface area contributed by atoms with Crippen molar-refractivity contribution >= 4 is 31.8 Å². The van der Waals surface area contributed by atoms with E-state index in [2.05, 4.69) is 30.8 Å². The first kappa shape index (κ1) is 16.0. The number of halogens is 1. The van der Waals surface area contributed by atoms with E-state index >= 15 is 0 Å². The second-order valence-corrected chi connectivity index (χ2v) is 9.00. The van der Waals surface area contributed by atoms with Crippen molar-refractivity contribution in [2.24, 2.45) is 11.8 Å². The number of benzene rings is 1. The molecule has 0 saturated carbocycles. The average molecular weight is 409 g/mol. The number of anilines is 1. The molecule has 2 aliphatic heterocycles. The maximum Gasteiger partial charge on any atom is 0.244 e. The van der Waals surface area contributed by atoms with Crippen LogP contribution in [0.15, 0.2) is 52.2 Å². The summed E-state index contributed by atoms with van der Waals surface area (Å²) in [5, 5.41) is 0. The number of hydrogen-bond acceptors (Lipinski definition) is 5. The molecule has 2 aromatic rings. The fraction of sp³-hybridized carbons (Fsp3) is 0.375. The fourth-order valence-corrected chi connectivity index (χ4v) is 6.10. The monoisotopic (exact) mass is 408 g/mol. The standard InChI is InChI=1S/C16H17BrN4O2S/c17-14-3-1-2-4-15(14)24(22,23)21-10-12-8-20(9-13(12)11-21)16-7-18-5-6-19-16/h1-7,12-13H,8-11H2. The summed E-state index contributed by atoms with van der Waals surface area (Å²) in [7, 11) is -3.45. The van der Waals surface area contributed by atoms with E-state index in [0.717, 1.165) is 18.9 Å². The van der Waals surface area contributed by atoms with Gasteiger partial charge in [-0.05, 0) is 39.9 Å². The number of nitrogens with zero attached hydrogens (tertiary/aromatic N) is 4. The molecule has 2 saturated heterocycles. The van der Waals surface area contributed by atoms with Crippen LogP contribution >= 0.6 is 15.9 Å². The second kappa shape index (κ2) is 6.09. The van der Waals surface area contributed by atoms with Crippen LogP contribution in [0.3, 0.4) is 0 Å². The van der Waals surface area contributed by atoms with Gasteiger partial charge in [0.1, 0.15) is 5.82 Å². The van der Waals surface area contributed by atoms with Crippen molar-refractivity contribution in [1.29, 1.82) is 0 Å². The maximum absolute atomic E-state index is 12.9. The molecule has 0 radical (unpaired) electrons. The largest absolute Gasteiger partial charge is 0.355 e. The van der Waals surface area contributed by atoms with Gasteiger partial charge in [-0.3, -0.25) is 4.98 Å². The van der Waals surface area contributed by atoms with Crippen LogP contribution in [0.4, 0.5) is 5.82 Å². The number of hydrogen-bond donors (Lipinski definition) is 0. The van der Waals surface area contributed by atoms with Crippen LogP contribution < -0.4 is 4.90 Å². The fourth-order valence-electron chi connectivity index (χ4n) is 3.58. The van der Waals surface area contributed by atoms with Crippen molar-refractivity contribution in [1.82, 2.24) is 14.3 Å². The van der Waals surface area contributed by atoms with Gasteiger partial charge >= 0.3 is 0 Å². The molecule has 2 unspecified atom stereocenters. The smallest absolute Gasteiger partial charge is 0.244 e. The van der Waals surface area contributed by atoms with E-state index < -0.39 is 10.0 Å². The van der Waals surface area contributed by atoms with Crippen molar-refractivity contribution in [3.63, 3.8) is 0 Å². The third-order valence-corrected chi connectivity index (χ3v) is 7.62. The summed E-state index contributed by atoms with van der Waals surface area (Å²) in [4.78, 5) is 11.0. The Kier molecular flexibility index (Phi) is 4.06. The summed E-state index contributed by atoms with van der Waals surface area (Å²) < 4.78 is 28.0. The van der Waals surface area contributed by atoms with Crippen molar-refractivity contribution < 1.29 is 8.42 Å². The van der Waals surface area contributed by atoms with Gasteiger partial charge in [0, 0.05) is 43.0 Å². The van der Waals surface area contributed by atoms with Gasteiger partial charge in [0.2, 0.25) is 10.0 Å². The minimum Gasteiger partial charge on any atom is -0.355 e. The lowest BCUT2D eigenvalue weighted by atomic mass is 10.0. The molecule has 0 spiro atoms. The van der Waals surface area contributed by atoms with E-state index in [1.807, 2.05) is 6.07 Å². The van der Waals surface area contributed by atoms with E-state index in [1.54, 1.807) is 41.1 Å². The predicted octanol–water partition coefficient (Wildman–Crippen LogP) is 2.00. The summed E-state index contributed by atoms with van der Waals surface area (Å²) in [5.74, 6) is 1.54. The van der Waals surface area contributed by atoms with Crippen LogP contribution in [-0.2, 0) is 10.0 Å². The highest BCUT2D eigenvalue weighted by Crippen LogP contribution is 2.36. The summed E-state index contributed by atoms with van der Waals surface area (Å²) >= 11 is 3.35. The van der Waals surface area contributed by atoms with Gasteiger partial charge in [-0.2, -0.15) is 4.31 Å². The molecular formula is C16H17BrN4O2S. The van der Waals surface area contributed by atoms with Gasteiger partial charge in [0.15, 0.2) is 0 Å². The highest BCUT2D eigenvalue weighted by atomic mass is 79.9. The lowest BCUT2D eigenvalue weighted by molar-refractivity contribution is 0.452. The first-order valence-electron chi connectivity index (χ1n) is 7.81. The Morgan fingerprint density at radius 1 is 1.04 bits per heavy atom. The molecule has 0 N–H and O–H groups in total. The lowest BCUT2D eigenvalue weighted by Gasteiger charge is -2.22. The van der Waals surface area contributed by atoms with Crippen LogP contribution in [0.2, 0.25) is 0 Å². The molecule has 3 heterocycles. The van der Waals surface area contributed by atoms with E-state index in [9.17, 15) is 8.42 Å². The summed E-state index contributed by atoms with van der Waals surface area (Å²) in [6.45, 7) is 2.77. The molecule has 8 heteroatoms. The second-order valence-electron chi connectivity index (χ2n) is 6.24. The molecule has 2 fully saturated rings. The minimum absolute atomic E-state index is 0.337. The summed E-state index contributed by atoms with van der Waals surface area (Å²) in [6.07, 6.45) is 5.11. The topological polar surface area (TPSA) is 66.4 Å². The average Bonchev–Trinajstić information content (AvgIpc) is 3.15. The molecule has 0 amide bonds. The highest BCUT2D eigenvalue weighted by molar-refractivity contribution is 9.10. The van der Waals surface area contributed by atoms with Crippen molar-refractivity contribution in [2.75, 3.05) is 31.1 Å². The Hall–Kier alpha value is -1.51. The van der Waals surface area contributed by atoms with Gasteiger partial charge in [0.25, 0.3) is 0 Å². The van der Waals surface area contributed by atoms with Gasteiger partial charge in [-0.25, -0.2) is 13.4 Å². The Labute approximate surface area is 149 Å². The molecular weight excluding hydrogens is 392 g/mol. The van der Waals surface area contributed by atoms with E-state index in [4.69, 9.17) is 0 Å². The van der Waals surface area contributed by atoms with Gasteiger partial charge in [0.05, 0.1) is 11.1 Å². The van der Waals surface area contributed by atoms with Crippen molar-refractivity contribution in [2.45, 2.75) is 4.90 Å². The van der Waals surface area contributed by atoms with E-state index in [0.29, 0.717) is 34.3 Å². The normalized spacial score (nSPS) is 24.3. The number of sulfonamides is 1. The van der Waals surface area contributed by atoms with Crippen LogP contribution in [0.25, 0.3) is 0 Å². The molecule has 126 valence electrons. The molecule has 0 aliphatic carbocycles. The van der Waals surface area contributed by atoms with Crippen LogP contribution in [0, 0.1) is 11.8 Å². The number of rotatable bonds is 3. The number of fused-ring (bicyclic) bond motifs is 1. The zero-order valence-electron chi connectivity index (χ0n) is 12.9. The third-order valence-electron chi connectivity index (χ3n) is 4.78. The first-order chi connectivity index (χ1) is 11.6. The highest BCUT2D eigenvalue weighted by Gasteiger charge is 2.44. The third kappa shape index (κ3) is 2.72. The first-order valence-corrected chi connectivity index (χ1v) is 10.0. The predicted molar refractivity (Wildman–Crippen MR) is 94.1 cm³/mol. The summed E-state index contributed by atoms with van der Waals surface area (Å²) in [5.41, 5.74) is 0. The van der Waals surface area contributed by atoms with Crippen molar-refractivity contribution in [3.05, 3.63) is 47.3 Å². The SMILES string of the molecule is O=S(=O)(c1ccccc1Br)N1CC2CN(c3cnccn3)CC2C1. The van der Waals surface area contributed by atoms with Gasteiger partial charge in [-0.15, -0.1) is 0 Å². The molecule has 2 aliphatic rings.